The van der Waals surface area contributed by atoms with E-state index in [-0.39, 0.29) is 23.2 Å². The fourth-order valence-electron chi connectivity index (χ4n) is 2.26. The third kappa shape index (κ3) is 6.24. The second-order valence-corrected chi connectivity index (χ2v) is 5.46. The minimum atomic E-state index is -0.287. The summed E-state index contributed by atoms with van der Waals surface area (Å²) in [6.45, 7) is 2.49. The average Bonchev–Trinajstić information content (AvgIpc) is 2.51. The number of phenolic OH excluding ortho intramolecular Hbond substituents is 2. The van der Waals surface area contributed by atoms with Crippen LogP contribution >= 0.6 is 0 Å². The molecule has 0 aliphatic carbocycles. The number of rotatable bonds is 10. The smallest absolute Gasteiger partial charge is 0.220 e. The lowest BCUT2D eigenvalue weighted by Gasteiger charge is -2.10. The van der Waals surface area contributed by atoms with Gasteiger partial charge in [0.2, 0.25) is 11.7 Å². The molecular formula is C17H27NO4. The lowest BCUT2D eigenvalue weighted by molar-refractivity contribution is -0.121. The van der Waals surface area contributed by atoms with Crippen LogP contribution in [0.15, 0.2) is 12.1 Å². The topological polar surface area (TPSA) is 78.8 Å². The summed E-state index contributed by atoms with van der Waals surface area (Å²) in [5.41, 5.74) is 0.684. The van der Waals surface area contributed by atoms with Crippen LogP contribution in [0.4, 0.5) is 0 Å². The van der Waals surface area contributed by atoms with Gasteiger partial charge >= 0.3 is 0 Å². The van der Waals surface area contributed by atoms with Crippen LogP contribution in [-0.4, -0.2) is 23.2 Å². The highest BCUT2D eigenvalue weighted by atomic mass is 16.5. The van der Waals surface area contributed by atoms with Crippen molar-refractivity contribution in [3.8, 4) is 17.2 Å². The molecule has 5 nitrogen and oxygen atoms in total. The number of hydrogen-bond donors (Lipinski definition) is 3. The van der Waals surface area contributed by atoms with Gasteiger partial charge in [0.25, 0.3) is 0 Å². The molecular weight excluding hydrogens is 282 g/mol. The van der Waals surface area contributed by atoms with Crippen molar-refractivity contribution in [2.75, 3.05) is 7.11 Å². The van der Waals surface area contributed by atoms with Gasteiger partial charge < -0.3 is 20.3 Å². The second kappa shape index (κ2) is 9.92. The zero-order valence-electron chi connectivity index (χ0n) is 13.5. The number of benzene rings is 1. The number of carbonyl (C=O) groups is 1. The minimum Gasteiger partial charge on any atom is -0.504 e. The van der Waals surface area contributed by atoms with Gasteiger partial charge in [-0.3, -0.25) is 4.79 Å². The number of ether oxygens (including phenoxy) is 1. The third-order valence-electron chi connectivity index (χ3n) is 3.58. The van der Waals surface area contributed by atoms with Crippen LogP contribution in [0, 0.1) is 0 Å². The minimum absolute atomic E-state index is 0.00187. The lowest BCUT2D eigenvalue weighted by atomic mass is 10.1. The summed E-state index contributed by atoms with van der Waals surface area (Å²) in [5, 5.41) is 21.9. The summed E-state index contributed by atoms with van der Waals surface area (Å²) in [4.78, 5) is 11.8. The van der Waals surface area contributed by atoms with Crippen molar-refractivity contribution in [2.24, 2.45) is 0 Å². The number of methoxy groups -OCH3 is 1. The van der Waals surface area contributed by atoms with Crippen molar-refractivity contribution < 1.29 is 19.7 Å². The van der Waals surface area contributed by atoms with Gasteiger partial charge in [0.05, 0.1) is 7.11 Å². The van der Waals surface area contributed by atoms with Crippen molar-refractivity contribution in [1.82, 2.24) is 5.32 Å². The van der Waals surface area contributed by atoms with Crippen LogP contribution in [0.3, 0.4) is 0 Å². The predicted molar refractivity (Wildman–Crippen MR) is 86.2 cm³/mol. The second-order valence-electron chi connectivity index (χ2n) is 5.46. The summed E-state index contributed by atoms with van der Waals surface area (Å²) in [7, 11) is 1.41. The van der Waals surface area contributed by atoms with Crippen LogP contribution in [-0.2, 0) is 11.3 Å². The number of aromatic hydroxyl groups is 2. The van der Waals surface area contributed by atoms with Crippen LogP contribution < -0.4 is 10.1 Å². The van der Waals surface area contributed by atoms with Gasteiger partial charge in [-0.05, 0) is 24.1 Å². The molecule has 0 aliphatic heterocycles. The fourth-order valence-corrected chi connectivity index (χ4v) is 2.26. The molecule has 1 aromatic carbocycles. The van der Waals surface area contributed by atoms with E-state index in [2.05, 4.69) is 12.2 Å². The highest BCUT2D eigenvalue weighted by molar-refractivity contribution is 5.75. The van der Waals surface area contributed by atoms with Gasteiger partial charge in [-0.2, -0.15) is 0 Å². The maximum atomic E-state index is 11.8. The van der Waals surface area contributed by atoms with E-state index >= 15 is 0 Å². The normalized spacial score (nSPS) is 10.5. The Balaban J connectivity index is 2.31. The molecule has 0 unspecified atom stereocenters. The maximum Gasteiger partial charge on any atom is 0.220 e. The van der Waals surface area contributed by atoms with Crippen molar-refractivity contribution in [1.29, 1.82) is 0 Å². The number of carbonyl (C=O) groups excluding carboxylic acids is 1. The molecule has 5 heteroatoms. The van der Waals surface area contributed by atoms with E-state index in [0.29, 0.717) is 18.5 Å². The Morgan fingerprint density at radius 2 is 1.82 bits per heavy atom. The van der Waals surface area contributed by atoms with Gasteiger partial charge in [-0.1, -0.05) is 39.0 Å². The van der Waals surface area contributed by atoms with E-state index in [1.807, 2.05) is 0 Å². The molecule has 1 aromatic rings. The van der Waals surface area contributed by atoms with E-state index in [1.54, 1.807) is 6.07 Å². The van der Waals surface area contributed by atoms with Crippen LogP contribution in [0.5, 0.6) is 17.2 Å². The molecule has 0 fully saturated rings. The molecule has 0 bridgehead atoms. The highest BCUT2D eigenvalue weighted by Gasteiger charge is 2.10. The van der Waals surface area contributed by atoms with Gasteiger partial charge in [0.1, 0.15) is 0 Å². The number of phenols is 2. The molecule has 0 aliphatic rings. The van der Waals surface area contributed by atoms with E-state index in [0.717, 1.165) is 12.8 Å². The molecule has 1 rings (SSSR count). The zero-order valence-corrected chi connectivity index (χ0v) is 13.5. The van der Waals surface area contributed by atoms with Gasteiger partial charge in [0, 0.05) is 13.0 Å². The quantitative estimate of drug-likeness (QED) is 0.457. The molecule has 0 spiro atoms. The third-order valence-corrected chi connectivity index (χ3v) is 3.58. The van der Waals surface area contributed by atoms with E-state index in [4.69, 9.17) is 4.74 Å². The van der Waals surface area contributed by atoms with Gasteiger partial charge in [0.15, 0.2) is 11.5 Å². The van der Waals surface area contributed by atoms with Crippen LogP contribution in [0.1, 0.15) is 57.4 Å². The molecule has 0 atom stereocenters. The standard InChI is InChI=1S/C17H27NO4/c1-3-4-5-6-7-8-9-16(20)18-12-13-10-14(19)17(21)15(11-13)22-2/h10-11,19,21H,3-9,12H2,1-2H3,(H,18,20). The van der Waals surface area contributed by atoms with Crippen molar-refractivity contribution >= 4 is 5.91 Å². The summed E-state index contributed by atoms with van der Waals surface area (Å²) < 4.78 is 4.96. The van der Waals surface area contributed by atoms with E-state index in [1.165, 1.54) is 38.9 Å². The van der Waals surface area contributed by atoms with Crippen LogP contribution in [0.2, 0.25) is 0 Å². The summed E-state index contributed by atoms with van der Waals surface area (Å²) in [6.07, 6.45) is 7.42. The first-order chi connectivity index (χ1) is 10.6. The Morgan fingerprint density at radius 3 is 2.50 bits per heavy atom. The molecule has 22 heavy (non-hydrogen) atoms. The zero-order chi connectivity index (χ0) is 16.4. The summed E-state index contributed by atoms with van der Waals surface area (Å²) in [5.74, 6) is -0.341. The Kier molecular flexibility index (Phi) is 8.18. The first-order valence-electron chi connectivity index (χ1n) is 7.94. The largest absolute Gasteiger partial charge is 0.504 e. The Bertz CT molecular complexity index is 474. The maximum absolute atomic E-state index is 11.8. The van der Waals surface area contributed by atoms with Crippen molar-refractivity contribution in [3.05, 3.63) is 17.7 Å². The Hall–Kier alpha value is -1.91. The van der Waals surface area contributed by atoms with E-state index in [9.17, 15) is 15.0 Å². The SMILES string of the molecule is CCCCCCCCC(=O)NCc1cc(O)c(O)c(OC)c1. The fraction of sp³-hybridized carbons (Fsp3) is 0.588. The lowest BCUT2D eigenvalue weighted by Crippen LogP contribution is -2.22. The highest BCUT2D eigenvalue weighted by Crippen LogP contribution is 2.36. The number of amides is 1. The van der Waals surface area contributed by atoms with Crippen molar-refractivity contribution in [3.63, 3.8) is 0 Å². The predicted octanol–water partition coefficient (Wildman–Crippen LogP) is 3.47. The molecule has 0 saturated heterocycles. The first-order valence-corrected chi connectivity index (χ1v) is 7.94. The van der Waals surface area contributed by atoms with Crippen LogP contribution in [0.25, 0.3) is 0 Å². The summed E-state index contributed by atoms with van der Waals surface area (Å²) in [6, 6.07) is 3.02. The molecule has 0 radical (unpaired) electrons. The van der Waals surface area contributed by atoms with Crippen molar-refractivity contribution in [2.45, 2.75) is 58.4 Å². The average molecular weight is 309 g/mol. The summed E-state index contributed by atoms with van der Waals surface area (Å²) >= 11 is 0. The van der Waals surface area contributed by atoms with Gasteiger partial charge in [-0.25, -0.2) is 0 Å². The number of nitrogens with one attached hydrogen (secondary N) is 1. The molecule has 124 valence electrons. The molecule has 1 amide bonds. The number of hydrogen-bond acceptors (Lipinski definition) is 4. The molecule has 3 N–H and O–H groups in total. The molecule has 0 aromatic heterocycles. The Labute approximate surface area is 132 Å². The van der Waals surface area contributed by atoms with Gasteiger partial charge in [-0.15, -0.1) is 0 Å². The monoisotopic (exact) mass is 309 g/mol. The molecule has 0 heterocycles. The van der Waals surface area contributed by atoms with E-state index < -0.39 is 0 Å². The molecule has 0 saturated carbocycles. The first kappa shape index (κ1) is 18.1. The Morgan fingerprint density at radius 1 is 1.14 bits per heavy atom. The number of unbranched alkanes of at least 4 members (excludes halogenated alkanes) is 5.